The van der Waals surface area contributed by atoms with Gasteiger partial charge in [-0.2, -0.15) is 5.26 Å². The van der Waals surface area contributed by atoms with Crippen molar-refractivity contribution < 1.29 is 14.3 Å². The molecular formula is C44H65N7O3S. The smallest absolute Gasteiger partial charge is 0.338 e. The number of carbonyl (C=O) groups excluding carboxylic acids is 2. The number of anilines is 2. The number of nitriles is 1. The van der Waals surface area contributed by atoms with Crippen LogP contribution in [0.25, 0.3) is 0 Å². The van der Waals surface area contributed by atoms with Crippen molar-refractivity contribution in [3.8, 4) is 6.07 Å². The number of azo groups is 2. The Hall–Kier alpha value is -4.43. The van der Waals surface area contributed by atoms with E-state index in [1.807, 2.05) is 34.7 Å². The molecule has 2 atom stereocenters. The first-order valence-electron chi connectivity index (χ1n) is 20.1. The maximum atomic E-state index is 12.3. The Bertz CT molecular complexity index is 1690. The minimum atomic E-state index is -0.362. The lowest BCUT2D eigenvalue weighted by Crippen LogP contribution is -2.34. The van der Waals surface area contributed by atoms with Gasteiger partial charge < -0.3 is 19.7 Å². The van der Waals surface area contributed by atoms with Crippen LogP contribution in [0.2, 0.25) is 0 Å². The molecule has 1 N–H and O–H groups in total. The summed E-state index contributed by atoms with van der Waals surface area (Å²) < 4.78 is 5.31. The predicted octanol–water partition coefficient (Wildman–Crippen LogP) is 13.8. The number of thiophene rings is 1. The molecule has 0 saturated carbocycles. The number of nitrogens with one attached hydrogen (secondary N) is 1. The van der Waals surface area contributed by atoms with Gasteiger partial charge in [-0.05, 0) is 86.4 Å². The van der Waals surface area contributed by atoms with Crippen LogP contribution in [0.1, 0.15) is 133 Å². The number of aryl methyl sites for hydroxylation is 1. The standard InChI is InChI=1S/C41H59N7O2S.C3H6O/c1-10-14-16-31(12-3)25-48(26-32(13-4)17-15-11-2)38-23-36(43-9)37(22-29(38)7)45-47-40-35(24-42)30(8)39(51-40)46-44-34-20-18-33(19-21-34)41(49)50-27-28(5)6;1-2-3-4/h18-23,28,31-32,43H,10-17,25-27H2,1-9H3;3H,2H2,1H3. The summed E-state index contributed by atoms with van der Waals surface area (Å²) in [6.45, 7) is 21.5. The summed E-state index contributed by atoms with van der Waals surface area (Å²) in [4.78, 5) is 24.1. The zero-order valence-corrected chi connectivity index (χ0v) is 35.9. The second-order valence-corrected chi connectivity index (χ2v) is 15.5. The number of aldehydes is 1. The molecule has 300 valence electrons. The number of unbranched alkanes of at least 4 members (excludes halogenated alkanes) is 2. The molecule has 2 aromatic carbocycles. The summed E-state index contributed by atoms with van der Waals surface area (Å²) in [6.07, 6.45) is 11.3. The molecule has 0 fully saturated rings. The van der Waals surface area contributed by atoms with Gasteiger partial charge in [-0.15, -0.1) is 20.5 Å². The first kappa shape index (κ1) is 46.7. The Morgan fingerprint density at radius 2 is 1.49 bits per heavy atom. The first-order valence-corrected chi connectivity index (χ1v) is 21.0. The van der Waals surface area contributed by atoms with Crippen LogP contribution in [0.4, 0.5) is 32.8 Å². The van der Waals surface area contributed by atoms with Crippen LogP contribution in [0.15, 0.2) is 56.9 Å². The van der Waals surface area contributed by atoms with Crippen molar-refractivity contribution in [2.45, 2.75) is 120 Å². The van der Waals surface area contributed by atoms with Crippen LogP contribution in [-0.4, -0.2) is 39.0 Å². The predicted molar refractivity (Wildman–Crippen MR) is 230 cm³/mol. The molecule has 0 aliphatic heterocycles. The number of esters is 1. The third kappa shape index (κ3) is 15.3. The first-order chi connectivity index (χ1) is 26.5. The highest BCUT2D eigenvalue weighted by molar-refractivity contribution is 7.19. The van der Waals surface area contributed by atoms with E-state index in [2.05, 4.69) is 83.5 Å². The molecule has 0 saturated heterocycles. The van der Waals surface area contributed by atoms with Crippen molar-refractivity contribution in [2.24, 2.45) is 38.2 Å². The van der Waals surface area contributed by atoms with Crippen LogP contribution >= 0.6 is 11.3 Å². The summed E-state index contributed by atoms with van der Waals surface area (Å²) in [6, 6.07) is 13.4. The fourth-order valence-corrected chi connectivity index (χ4v) is 6.91. The van der Waals surface area contributed by atoms with Crippen molar-refractivity contribution in [1.29, 1.82) is 5.26 Å². The monoisotopic (exact) mass is 771 g/mol. The van der Waals surface area contributed by atoms with E-state index in [0.717, 1.165) is 36.3 Å². The summed E-state index contributed by atoms with van der Waals surface area (Å²) in [5.74, 6) is 1.21. The highest BCUT2D eigenvalue weighted by Crippen LogP contribution is 2.43. The molecule has 2 unspecified atom stereocenters. The van der Waals surface area contributed by atoms with Gasteiger partial charge in [0.2, 0.25) is 0 Å². The molecule has 3 aromatic rings. The molecule has 3 rings (SSSR count). The molecule has 0 bridgehead atoms. The Balaban J connectivity index is 0.00000248. The highest BCUT2D eigenvalue weighted by Gasteiger charge is 2.21. The van der Waals surface area contributed by atoms with Crippen molar-refractivity contribution in [3.05, 3.63) is 58.7 Å². The summed E-state index contributed by atoms with van der Waals surface area (Å²) in [5.41, 5.74) is 6.21. The fraction of sp³-hybridized carbons (Fsp3) is 0.568. The third-order valence-electron chi connectivity index (χ3n) is 9.51. The quantitative estimate of drug-likeness (QED) is 0.0614. The number of ether oxygens (including phenoxy) is 1. The maximum Gasteiger partial charge on any atom is 0.338 e. The highest BCUT2D eigenvalue weighted by atomic mass is 32.1. The van der Waals surface area contributed by atoms with Crippen LogP contribution < -0.4 is 10.2 Å². The Morgan fingerprint density at radius 1 is 0.909 bits per heavy atom. The van der Waals surface area contributed by atoms with E-state index < -0.39 is 0 Å². The molecule has 0 aliphatic rings. The molecule has 0 radical (unpaired) electrons. The second-order valence-electron chi connectivity index (χ2n) is 14.5. The molecule has 1 heterocycles. The third-order valence-corrected chi connectivity index (χ3v) is 10.6. The largest absolute Gasteiger partial charge is 0.462 e. The van der Waals surface area contributed by atoms with Crippen molar-refractivity contribution in [1.82, 2.24) is 0 Å². The summed E-state index contributed by atoms with van der Waals surface area (Å²) >= 11 is 1.28. The lowest BCUT2D eigenvalue weighted by atomic mass is 9.94. The Labute approximate surface area is 334 Å². The van der Waals surface area contributed by atoms with E-state index in [9.17, 15) is 14.9 Å². The average Bonchev–Trinajstić information content (AvgIpc) is 3.51. The SMILES string of the molecule is CCC=O.CCCCC(CC)CN(CC(CC)CCCC)c1cc(NC)c(N=Nc2sc(N=Nc3ccc(C(=O)OCC(C)C)cc3)c(C)c2C#N)cc1C. The van der Waals surface area contributed by atoms with E-state index in [-0.39, 0.29) is 11.9 Å². The zero-order valence-electron chi connectivity index (χ0n) is 35.1. The van der Waals surface area contributed by atoms with Crippen LogP contribution in [0.3, 0.4) is 0 Å². The second kappa shape index (κ2) is 25.6. The lowest BCUT2D eigenvalue weighted by molar-refractivity contribution is -0.107. The lowest BCUT2D eigenvalue weighted by Gasteiger charge is -2.34. The van der Waals surface area contributed by atoms with Gasteiger partial charge >= 0.3 is 5.97 Å². The van der Waals surface area contributed by atoms with Gasteiger partial charge in [0.25, 0.3) is 0 Å². The van der Waals surface area contributed by atoms with Crippen LogP contribution in [0, 0.1) is 42.9 Å². The van der Waals surface area contributed by atoms with E-state index in [1.54, 1.807) is 24.3 Å². The van der Waals surface area contributed by atoms with Gasteiger partial charge in [0.15, 0.2) is 5.00 Å². The van der Waals surface area contributed by atoms with Gasteiger partial charge in [-0.1, -0.05) is 98.3 Å². The Morgan fingerprint density at radius 3 is 1.98 bits per heavy atom. The zero-order chi connectivity index (χ0) is 40.8. The maximum absolute atomic E-state index is 12.3. The van der Waals surface area contributed by atoms with Gasteiger partial charge in [0, 0.05) is 37.8 Å². The number of hydrogen-bond donors (Lipinski definition) is 1. The van der Waals surface area contributed by atoms with E-state index in [1.165, 1.54) is 68.4 Å². The molecule has 1 aromatic heterocycles. The Kier molecular flexibility index (Phi) is 21.8. The minimum Gasteiger partial charge on any atom is -0.462 e. The molecule has 0 amide bonds. The molecule has 0 aliphatic carbocycles. The van der Waals surface area contributed by atoms with E-state index in [0.29, 0.717) is 57.2 Å². The van der Waals surface area contributed by atoms with Gasteiger partial charge in [-0.25, -0.2) is 4.79 Å². The minimum absolute atomic E-state index is 0.266. The van der Waals surface area contributed by atoms with Crippen molar-refractivity contribution in [3.63, 3.8) is 0 Å². The molecule has 0 spiro atoms. The molecule has 10 nitrogen and oxygen atoms in total. The number of carbonyl (C=O) groups is 2. The normalized spacial score (nSPS) is 12.3. The number of nitrogens with zero attached hydrogens (tertiary/aromatic N) is 6. The van der Waals surface area contributed by atoms with Gasteiger partial charge in [-0.3, -0.25) is 0 Å². The molecular weight excluding hydrogens is 707 g/mol. The average molecular weight is 772 g/mol. The van der Waals surface area contributed by atoms with Crippen molar-refractivity contribution in [2.75, 3.05) is 37.0 Å². The topological polar surface area (TPSA) is 132 Å². The van der Waals surface area contributed by atoms with Gasteiger partial charge in [0.05, 0.1) is 29.1 Å². The van der Waals surface area contributed by atoms with E-state index in [4.69, 9.17) is 4.74 Å². The molecule has 11 heteroatoms. The van der Waals surface area contributed by atoms with Gasteiger partial charge in [0.1, 0.15) is 23.0 Å². The summed E-state index contributed by atoms with van der Waals surface area (Å²) in [7, 11) is 1.92. The number of benzene rings is 2. The summed E-state index contributed by atoms with van der Waals surface area (Å²) in [5, 5.41) is 32.5. The van der Waals surface area contributed by atoms with Crippen LogP contribution in [0.5, 0.6) is 0 Å². The van der Waals surface area contributed by atoms with Crippen molar-refractivity contribution >= 4 is 56.3 Å². The fourth-order valence-electron chi connectivity index (χ4n) is 6.01. The number of rotatable bonds is 22. The number of hydrogen-bond acceptors (Lipinski definition) is 11. The molecule has 55 heavy (non-hydrogen) atoms. The van der Waals surface area contributed by atoms with E-state index >= 15 is 0 Å². The van der Waals surface area contributed by atoms with Crippen LogP contribution in [-0.2, 0) is 9.53 Å².